The largest absolute Gasteiger partial charge is 0.494 e. The molecule has 0 bridgehead atoms. The van der Waals surface area contributed by atoms with Gasteiger partial charge in [-0.2, -0.15) is 5.26 Å². The Morgan fingerprint density at radius 3 is 2.43 bits per heavy atom. The average Bonchev–Trinajstić information content (AvgIpc) is 3.20. The van der Waals surface area contributed by atoms with Gasteiger partial charge in [-0.25, -0.2) is 19.6 Å². The molecule has 4 aromatic rings. The molecule has 0 amide bonds. The van der Waals surface area contributed by atoms with E-state index < -0.39 is 11.9 Å². The number of hydrogen-bond acceptors (Lipinski definition) is 8. The number of aromatic nitrogens is 3. The van der Waals surface area contributed by atoms with E-state index in [1.165, 1.54) is 6.33 Å². The van der Waals surface area contributed by atoms with E-state index in [2.05, 4.69) is 32.8 Å². The first-order chi connectivity index (χ1) is 17.6. The third-order valence-electron chi connectivity index (χ3n) is 5.49. The predicted octanol–water partition coefficient (Wildman–Crippen LogP) is 3.40. The molecule has 0 fully saturated rings. The molecule has 0 aliphatic heterocycles. The summed E-state index contributed by atoms with van der Waals surface area (Å²) in [4.78, 5) is 32.9. The molecule has 0 spiro atoms. The molecule has 4 N–H and O–H groups in total. The van der Waals surface area contributed by atoms with Crippen molar-refractivity contribution in [1.29, 1.82) is 5.26 Å². The predicted molar refractivity (Wildman–Crippen MR) is 136 cm³/mol. The van der Waals surface area contributed by atoms with Crippen molar-refractivity contribution < 1.29 is 29.6 Å². The van der Waals surface area contributed by atoms with Gasteiger partial charge in [0.05, 0.1) is 28.4 Å². The van der Waals surface area contributed by atoms with Crippen molar-refractivity contribution in [3.63, 3.8) is 0 Å². The van der Waals surface area contributed by atoms with Gasteiger partial charge in [0.15, 0.2) is 5.88 Å². The molecule has 0 aliphatic rings. The minimum absolute atomic E-state index is 0.00947. The van der Waals surface area contributed by atoms with Crippen LogP contribution in [0.2, 0.25) is 0 Å². The first kappa shape index (κ1) is 26.7. The third-order valence-corrected chi connectivity index (χ3v) is 5.49. The number of benzene rings is 2. The Morgan fingerprint density at radius 1 is 1.11 bits per heavy atom. The summed E-state index contributed by atoms with van der Waals surface area (Å²) < 4.78 is 5.90. The smallest absolute Gasteiger partial charge is 0.328 e. The van der Waals surface area contributed by atoms with Crippen LogP contribution in [0, 0.1) is 11.3 Å². The van der Waals surface area contributed by atoms with Crippen LogP contribution < -0.4 is 4.74 Å². The van der Waals surface area contributed by atoms with E-state index in [4.69, 9.17) is 14.9 Å². The number of carbonyl (C=O) groups is 2. The Hall–Kier alpha value is -4.95. The lowest BCUT2D eigenvalue weighted by Crippen LogP contribution is -2.30. The molecule has 2 aromatic heterocycles. The van der Waals surface area contributed by atoms with Gasteiger partial charge in [0, 0.05) is 40.5 Å². The minimum atomic E-state index is -1.26. The Morgan fingerprint density at radius 2 is 1.81 bits per heavy atom. The van der Waals surface area contributed by atoms with Crippen molar-refractivity contribution in [2.75, 3.05) is 20.7 Å². The number of rotatable bonds is 7. The highest BCUT2D eigenvalue weighted by Crippen LogP contribution is 2.39. The first-order valence-electron chi connectivity index (χ1n) is 11.0. The van der Waals surface area contributed by atoms with Crippen LogP contribution in [-0.2, 0) is 9.59 Å². The SMILES string of the molecule is CC(COc1ccc2c(-c3c(O)[nH]c4ccc(C#N)cc34)ncnc2c1)N(C)C.O=C(O)/C=C/C(=O)O. The van der Waals surface area contributed by atoms with Crippen LogP contribution in [0.3, 0.4) is 0 Å². The highest BCUT2D eigenvalue weighted by molar-refractivity contribution is 6.05. The van der Waals surface area contributed by atoms with Gasteiger partial charge in [0.25, 0.3) is 0 Å². The number of carboxylic acids is 2. The van der Waals surface area contributed by atoms with Crippen molar-refractivity contribution in [3.05, 3.63) is 60.4 Å². The van der Waals surface area contributed by atoms with Crippen molar-refractivity contribution in [3.8, 4) is 29.0 Å². The van der Waals surface area contributed by atoms with Crippen molar-refractivity contribution in [2.24, 2.45) is 0 Å². The number of aromatic amines is 1. The Balaban J connectivity index is 0.000000414. The minimum Gasteiger partial charge on any atom is -0.494 e. The van der Waals surface area contributed by atoms with Crippen LogP contribution in [-0.4, -0.2) is 73.9 Å². The number of nitrogens with one attached hydrogen (secondary N) is 1. The summed E-state index contributed by atoms with van der Waals surface area (Å²) in [5, 5.41) is 36.9. The molecule has 1 atom stereocenters. The zero-order valence-corrected chi connectivity index (χ0v) is 20.3. The number of aliphatic carboxylic acids is 2. The highest BCUT2D eigenvalue weighted by Gasteiger charge is 2.18. The van der Waals surface area contributed by atoms with E-state index in [1.807, 2.05) is 32.3 Å². The fraction of sp³-hybridized carbons (Fsp3) is 0.192. The second-order valence-corrected chi connectivity index (χ2v) is 8.26. The zero-order chi connectivity index (χ0) is 27.1. The fourth-order valence-electron chi connectivity index (χ4n) is 3.32. The van der Waals surface area contributed by atoms with Crippen LogP contribution in [0.1, 0.15) is 12.5 Å². The molecule has 0 radical (unpaired) electrons. The summed E-state index contributed by atoms with van der Waals surface area (Å²) >= 11 is 0. The van der Waals surface area contributed by atoms with E-state index >= 15 is 0 Å². The van der Waals surface area contributed by atoms with E-state index in [-0.39, 0.29) is 11.9 Å². The van der Waals surface area contributed by atoms with E-state index in [0.29, 0.717) is 35.6 Å². The van der Waals surface area contributed by atoms with Crippen molar-refractivity contribution in [1.82, 2.24) is 19.9 Å². The van der Waals surface area contributed by atoms with E-state index in [1.54, 1.807) is 18.2 Å². The summed E-state index contributed by atoms with van der Waals surface area (Å²) in [7, 11) is 4.03. The maximum Gasteiger partial charge on any atom is 0.328 e. The van der Waals surface area contributed by atoms with Gasteiger partial charge in [-0.05, 0) is 51.4 Å². The third kappa shape index (κ3) is 6.59. The van der Waals surface area contributed by atoms with E-state index in [9.17, 15) is 20.0 Å². The molecule has 11 heteroatoms. The van der Waals surface area contributed by atoms with Gasteiger partial charge in [-0.1, -0.05) is 0 Å². The molecule has 4 rings (SSSR count). The quantitative estimate of drug-likeness (QED) is 0.274. The zero-order valence-electron chi connectivity index (χ0n) is 20.3. The second-order valence-electron chi connectivity index (χ2n) is 8.26. The van der Waals surface area contributed by atoms with Gasteiger partial charge in [0.2, 0.25) is 0 Å². The molecule has 0 saturated heterocycles. The average molecular weight is 504 g/mol. The summed E-state index contributed by atoms with van der Waals surface area (Å²) in [5.41, 5.74) is 3.12. The molecule has 37 heavy (non-hydrogen) atoms. The van der Waals surface area contributed by atoms with Crippen LogP contribution in [0.15, 0.2) is 54.9 Å². The van der Waals surface area contributed by atoms with Crippen LogP contribution >= 0.6 is 0 Å². The van der Waals surface area contributed by atoms with Crippen LogP contribution in [0.5, 0.6) is 11.6 Å². The highest BCUT2D eigenvalue weighted by atomic mass is 16.5. The molecule has 190 valence electrons. The number of aromatic hydroxyl groups is 1. The molecular formula is C26H25N5O6. The lowest BCUT2D eigenvalue weighted by atomic mass is 10.0. The fourth-order valence-corrected chi connectivity index (χ4v) is 3.32. The number of carboxylic acid groups (broad SMARTS) is 2. The summed E-state index contributed by atoms with van der Waals surface area (Å²) in [6, 6.07) is 13.3. The summed E-state index contributed by atoms with van der Waals surface area (Å²) in [6.45, 7) is 2.66. The standard InChI is InChI=1S/C22H21N5O2.C4H4O4/c1-13(27(2)3)11-29-15-5-6-16-19(9-15)24-12-25-21(16)20-17-8-14(10-23)4-7-18(17)26-22(20)28;5-3(6)1-2-4(7)8/h4-9,12-13,26,28H,11H2,1-3H3;1-2H,(H,5,6)(H,7,8)/b;2-1+. The van der Waals surface area contributed by atoms with Crippen molar-refractivity contribution in [2.45, 2.75) is 13.0 Å². The Bertz CT molecular complexity index is 1500. The molecule has 0 aliphatic carbocycles. The number of likely N-dealkylation sites (N-methyl/N-ethyl adjacent to an activating group) is 1. The van der Waals surface area contributed by atoms with Gasteiger partial charge in [-0.15, -0.1) is 0 Å². The number of hydrogen-bond donors (Lipinski definition) is 4. The monoisotopic (exact) mass is 503 g/mol. The molecule has 2 aromatic carbocycles. The second kappa shape index (κ2) is 11.7. The maximum atomic E-state index is 10.5. The molecule has 0 saturated carbocycles. The number of nitrogens with zero attached hydrogens (tertiary/aromatic N) is 4. The van der Waals surface area contributed by atoms with Gasteiger partial charge in [0.1, 0.15) is 18.7 Å². The maximum absolute atomic E-state index is 10.5. The first-order valence-corrected chi connectivity index (χ1v) is 11.0. The molecular weight excluding hydrogens is 478 g/mol. The Kier molecular flexibility index (Phi) is 8.39. The summed E-state index contributed by atoms with van der Waals surface area (Å²) in [6.07, 6.45) is 2.58. The number of fused-ring (bicyclic) bond motifs is 2. The number of H-pyrrole nitrogens is 1. The summed E-state index contributed by atoms with van der Waals surface area (Å²) in [5.74, 6) is -1.78. The normalized spacial score (nSPS) is 11.8. The lowest BCUT2D eigenvalue weighted by Gasteiger charge is -2.20. The van der Waals surface area contributed by atoms with Gasteiger partial charge in [-0.3, -0.25) is 0 Å². The number of nitriles is 1. The molecule has 11 nitrogen and oxygen atoms in total. The lowest BCUT2D eigenvalue weighted by molar-refractivity contribution is -0.134. The van der Waals surface area contributed by atoms with Crippen LogP contribution in [0.4, 0.5) is 0 Å². The van der Waals surface area contributed by atoms with Crippen molar-refractivity contribution >= 4 is 33.7 Å². The van der Waals surface area contributed by atoms with Gasteiger partial charge >= 0.3 is 11.9 Å². The Labute approximate surface area is 211 Å². The van der Waals surface area contributed by atoms with Gasteiger partial charge < -0.3 is 29.9 Å². The number of ether oxygens (including phenoxy) is 1. The van der Waals surface area contributed by atoms with Crippen LogP contribution in [0.25, 0.3) is 33.1 Å². The topological polar surface area (TPSA) is 173 Å². The molecule has 1 unspecified atom stereocenters. The van der Waals surface area contributed by atoms with E-state index in [0.717, 1.165) is 27.6 Å². The molecule has 2 heterocycles.